The topological polar surface area (TPSA) is 81.7 Å². The maximum absolute atomic E-state index is 13.1. The van der Waals surface area contributed by atoms with Crippen LogP contribution in [0.5, 0.6) is 0 Å². The number of aliphatic hydroxyl groups excluding tert-OH is 1. The number of para-hydroxylation sites is 1. The van der Waals surface area contributed by atoms with E-state index >= 15 is 0 Å². The minimum absolute atomic E-state index is 0.0329. The first-order valence-corrected chi connectivity index (χ1v) is 10.1. The monoisotopic (exact) mass is 369 g/mol. The van der Waals surface area contributed by atoms with E-state index in [2.05, 4.69) is 10.6 Å². The second-order valence-electron chi connectivity index (χ2n) is 8.88. The van der Waals surface area contributed by atoms with E-state index in [1.54, 1.807) is 4.90 Å². The molecular formula is C21H27N3O3. The van der Waals surface area contributed by atoms with Gasteiger partial charge in [0, 0.05) is 18.8 Å². The summed E-state index contributed by atoms with van der Waals surface area (Å²) in [5.74, 6) is 0.663. The van der Waals surface area contributed by atoms with E-state index in [4.69, 9.17) is 0 Å². The van der Waals surface area contributed by atoms with E-state index in [1.165, 1.54) is 0 Å². The number of aliphatic hydroxyl groups is 1. The number of anilines is 1. The summed E-state index contributed by atoms with van der Waals surface area (Å²) in [7, 11) is 0. The molecule has 1 aromatic carbocycles. The molecule has 0 unspecified atom stereocenters. The third-order valence-corrected chi connectivity index (χ3v) is 7.07. The quantitative estimate of drug-likeness (QED) is 0.735. The van der Waals surface area contributed by atoms with Gasteiger partial charge in [-0.25, -0.2) is 0 Å². The lowest BCUT2D eigenvalue weighted by molar-refractivity contribution is -0.132. The first-order valence-electron chi connectivity index (χ1n) is 10.1. The van der Waals surface area contributed by atoms with Crippen LogP contribution in [0.1, 0.15) is 38.5 Å². The molecule has 3 saturated carbocycles. The first-order chi connectivity index (χ1) is 13.0. The summed E-state index contributed by atoms with van der Waals surface area (Å²) in [6, 6.07) is 9.41. The number of carbonyl (C=O) groups is 2. The highest BCUT2D eigenvalue weighted by Gasteiger charge is 2.62. The Balaban J connectivity index is 1.22. The number of amides is 2. The molecule has 0 radical (unpaired) electrons. The van der Waals surface area contributed by atoms with Crippen LogP contribution in [0.15, 0.2) is 30.3 Å². The van der Waals surface area contributed by atoms with Gasteiger partial charge in [-0.1, -0.05) is 24.6 Å². The standard InChI is InChI=1S/C21H27N3O3/c25-17-13-24(12-16(17)22-18(26)20-8-4-5-14(20)11-20)19(27)21(9-10-21)23-15-6-2-1-3-7-15/h1-3,6-7,14,16-17,23,25H,4-5,8-13H2,(H,22,26)/t14-,16-,17-,20-/m1/s1. The lowest BCUT2D eigenvalue weighted by atomic mass is 10.0. The molecule has 5 rings (SSSR count). The molecule has 1 aliphatic heterocycles. The van der Waals surface area contributed by atoms with Crippen molar-refractivity contribution in [3.05, 3.63) is 30.3 Å². The number of fused-ring (bicyclic) bond motifs is 1. The van der Waals surface area contributed by atoms with Gasteiger partial charge in [-0.05, 0) is 50.2 Å². The average Bonchev–Trinajstić information content (AvgIpc) is 3.53. The number of hydrogen-bond donors (Lipinski definition) is 3. The number of rotatable bonds is 5. The Labute approximate surface area is 159 Å². The largest absolute Gasteiger partial charge is 0.389 e. The highest BCUT2D eigenvalue weighted by Crippen LogP contribution is 2.63. The summed E-state index contributed by atoms with van der Waals surface area (Å²) in [6.45, 7) is 0.684. The molecule has 6 nitrogen and oxygen atoms in total. The van der Waals surface area contributed by atoms with Crippen LogP contribution in [0, 0.1) is 11.3 Å². The second-order valence-corrected chi connectivity index (χ2v) is 8.88. The van der Waals surface area contributed by atoms with E-state index in [-0.39, 0.29) is 23.3 Å². The van der Waals surface area contributed by atoms with Gasteiger partial charge in [0.15, 0.2) is 0 Å². The molecule has 1 heterocycles. The maximum atomic E-state index is 13.1. The Morgan fingerprint density at radius 3 is 2.52 bits per heavy atom. The van der Waals surface area contributed by atoms with Crippen LogP contribution in [0.3, 0.4) is 0 Å². The molecule has 4 aliphatic rings. The van der Waals surface area contributed by atoms with Crippen molar-refractivity contribution in [2.45, 2.75) is 56.2 Å². The van der Waals surface area contributed by atoms with Crippen molar-refractivity contribution in [1.29, 1.82) is 0 Å². The fourth-order valence-corrected chi connectivity index (χ4v) is 5.15. The van der Waals surface area contributed by atoms with Gasteiger partial charge in [0.25, 0.3) is 0 Å². The Hall–Kier alpha value is -2.08. The average molecular weight is 369 g/mol. The second kappa shape index (κ2) is 5.96. The SMILES string of the molecule is O=C(N1C[C@@H](O)[C@H](NC(=O)[C@@]23CCC[C@@H]2C3)C1)C1(Nc2ccccc2)CC1. The van der Waals surface area contributed by atoms with Gasteiger partial charge in [0.05, 0.1) is 17.6 Å². The molecule has 0 bridgehead atoms. The number of nitrogens with one attached hydrogen (secondary N) is 2. The highest BCUT2D eigenvalue weighted by molar-refractivity contribution is 5.93. The molecule has 27 heavy (non-hydrogen) atoms. The molecule has 0 spiro atoms. The predicted octanol–water partition coefficient (Wildman–Crippen LogP) is 1.51. The van der Waals surface area contributed by atoms with Gasteiger partial charge >= 0.3 is 0 Å². The van der Waals surface area contributed by atoms with Gasteiger partial charge in [0.1, 0.15) is 5.54 Å². The molecule has 3 aliphatic carbocycles. The van der Waals surface area contributed by atoms with E-state index < -0.39 is 11.6 Å². The minimum Gasteiger partial charge on any atom is -0.389 e. The van der Waals surface area contributed by atoms with Gasteiger partial charge < -0.3 is 20.6 Å². The van der Waals surface area contributed by atoms with Crippen LogP contribution in [-0.2, 0) is 9.59 Å². The molecular weight excluding hydrogens is 342 g/mol. The molecule has 4 atom stereocenters. The van der Waals surface area contributed by atoms with Crippen LogP contribution in [-0.4, -0.2) is 52.6 Å². The van der Waals surface area contributed by atoms with Crippen molar-refractivity contribution in [2.75, 3.05) is 18.4 Å². The molecule has 1 saturated heterocycles. The molecule has 2 amide bonds. The van der Waals surface area contributed by atoms with Crippen LogP contribution < -0.4 is 10.6 Å². The first kappa shape index (κ1) is 17.0. The van der Waals surface area contributed by atoms with Crippen molar-refractivity contribution in [3.63, 3.8) is 0 Å². The number of β-amino-alcohol motifs (C(OH)–C–C–N with tert-alkyl or cyclic N) is 1. The number of hydrogen-bond acceptors (Lipinski definition) is 4. The summed E-state index contributed by atoms with van der Waals surface area (Å²) in [6.07, 6.45) is 5.15. The number of benzene rings is 1. The Morgan fingerprint density at radius 2 is 1.89 bits per heavy atom. The molecule has 6 heteroatoms. The van der Waals surface area contributed by atoms with Crippen LogP contribution >= 0.6 is 0 Å². The van der Waals surface area contributed by atoms with Crippen LogP contribution in [0.25, 0.3) is 0 Å². The van der Waals surface area contributed by atoms with Crippen LogP contribution in [0.2, 0.25) is 0 Å². The summed E-state index contributed by atoms with van der Waals surface area (Å²) in [5.41, 5.74) is 0.225. The smallest absolute Gasteiger partial charge is 0.248 e. The molecule has 0 aromatic heterocycles. The van der Waals surface area contributed by atoms with E-state index in [0.717, 1.165) is 44.2 Å². The lowest BCUT2D eigenvalue weighted by Gasteiger charge is -2.25. The lowest BCUT2D eigenvalue weighted by Crippen LogP contribution is -2.47. The maximum Gasteiger partial charge on any atom is 0.248 e. The normalized spacial score (nSPS) is 35.4. The highest BCUT2D eigenvalue weighted by atomic mass is 16.3. The zero-order valence-corrected chi connectivity index (χ0v) is 15.5. The summed E-state index contributed by atoms with van der Waals surface area (Å²) in [4.78, 5) is 27.5. The van der Waals surface area contributed by atoms with Crippen molar-refractivity contribution < 1.29 is 14.7 Å². The molecule has 1 aromatic rings. The van der Waals surface area contributed by atoms with Gasteiger partial charge in [-0.15, -0.1) is 0 Å². The molecule has 3 N–H and O–H groups in total. The third kappa shape index (κ3) is 2.81. The fraction of sp³-hybridized carbons (Fsp3) is 0.619. The van der Waals surface area contributed by atoms with E-state index in [9.17, 15) is 14.7 Å². The van der Waals surface area contributed by atoms with Crippen molar-refractivity contribution in [2.24, 2.45) is 11.3 Å². The Kier molecular flexibility index (Phi) is 3.76. The van der Waals surface area contributed by atoms with Crippen molar-refractivity contribution >= 4 is 17.5 Å². The predicted molar refractivity (Wildman–Crippen MR) is 101 cm³/mol. The van der Waals surface area contributed by atoms with Crippen molar-refractivity contribution in [1.82, 2.24) is 10.2 Å². The van der Waals surface area contributed by atoms with E-state index in [0.29, 0.717) is 19.0 Å². The van der Waals surface area contributed by atoms with Gasteiger partial charge in [0.2, 0.25) is 11.8 Å². The zero-order chi connectivity index (χ0) is 18.6. The molecule has 144 valence electrons. The third-order valence-electron chi connectivity index (χ3n) is 7.07. The van der Waals surface area contributed by atoms with E-state index in [1.807, 2.05) is 30.3 Å². The Bertz CT molecular complexity index is 763. The summed E-state index contributed by atoms with van der Waals surface area (Å²) in [5, 5.41) is 16.9. The summed E-state index contributed by atoms with van der Waals surface area (Å²) < 4.78 is 0. The van der Waals surface area contributed by atoms with Gasteiger partial charge in [-0.3, -0.25) is 9.59 Å². The Morgan fingerprint density at radius 1 is 1.11 bits per heavy atom. The number of likely N-dealkylation sites (tertiary alicyclic amines) is 1. The van der Waals surface area contributed by atoms with Gasteiger partial charge in [-0.2, -0.15) is 0 Å². The van der Waals surface area contributed by atoms with Crippen molar-refractivity contribution in [3.8, 4) is 0 Å². The fourth-order valence-electron chi connectivity index (χ4n) is 5.15. The minimum atomic E-state index is -0.694. The molecule has 4 fully saturated rings. The van der Waals surface area contributed by atoms with Crippen LogP contribution in [0.4, 0.5) is 5.69 Å². The number of carbonyl (C=O) groups excluding carboxylic acids is 2. The number of nitrogens with zero attached hydrogens (tertiary/aromatic N) is 1. The zero-order valence-electron chi connectivity index (χ0n) is 15.5. The summed E-state index contributed by atoms with van der Waals surface area (Å²) >= 11 is 0.